The summed E-state index contributed by atoms with van der Waals surface area (Å²) >= 11 is 1.93. The molecule has 1 aromatic rings. The van der Waals surface area contributed by atoms with Crippen LogP contribution >= 0.6 is 11.8 Å². The highest BCUT2D eigenvalue weighted by Crippen LogP contribution is 2.22. The van der Waals surface area contributed by atoms with E-state index in [1.807, 2.05) is 30.0 Å². The summed E-state index contributed by atoms with van der Waals surface area (Å²) < 4.78 is 5.19. The largest absolute Gasteiger partial charge is 0.495 e. The van der Waals surface area contributed by atoms with Gasteiger partial charge in [0.2, 0.25) is 0 Å². The van der Waals surface area contributed by atoms with Gasteiger partial charge in [-0.25, -0.2) is 0 Å². The molecule has 0 bridgehead atoms. The standard InChI is InChI=1S/C14H19NOS/c1-11(2)6-7-17-10-12-4-5-13(9-15)14(8-12)16-3/h4-5,8,11H,6-7,10H2,1-3H3. The zero-order chi connectivity index (χ0) is 12.7. The van der Waals surface area contributed by atoms with Gasteiger partial charge in [0, 0.05) is 5.75 Å². The molecular formula is C14H19NOS. The zero-order valence-corrected chi connectivity index (χ0v) is 11.5. The minimum atomic E-state index is 0.600. The normalized spacial score (nSPS) is 10.3. The predicted molar refractivity (Wildman–Crippen MR) is 73.3 cm³/mol. The van der Waals surface area contributed by atoms with Crippen LogP contribution in [0, 0.1) is 17.2 Å². The van der Waals surface area contributed by atoms with E-state index in [2.05, 4.69) is 19.9 Å². The van der Waals surface area contributed by atoms with Crippen molar-refractivity contribution >= 4 is 11.8 Å². The molecule has 0 fully saturated rings. The Morgan fingerprint density at radius 3 is 2.76 bits per heavy atom. The van der Waals surface area contributed by atoms with E-state index >= 15 is 0 Å². The molecule has 0 aliphatic carbocycles. The molecule has 0 atom stereocenters. The average Bonchev–Trinajstić information content (AvgIpc) is 2.34. The first kappa shape index (κ1) is 13.9. The van der Waals surface area contributed by atoms with Crippen LogP contribution in [0.4, 0.5) is 0 Å². The highest BCUT2D eigenvalue weighted by Gasteiger charge is 2.03. The summed E-state index contributed by atoms with van der Waals surface area (Å²) in [5.74, 6) is 3.60. The summed E-state index contributed by atoms with van der Waals surface area (Å²) in [6.45, 7) is 4.48. The summed E-state index contributed by atoms with van der Waals surface area (Å²) in [6.07, 6.45) is 1.25. The fraction of sp³-hybridized carbons (Fsp3) is 0.500. The Hall–Kier alpha value is -1.14. The second-order valence-corrected chi connectivity index (χ2v) is 5.49. The summed E-state index contributed by atoms with van der Waals surface area (Å²) in [4.78, 5) is 0. The number of nitrogens with zero attached hydrogens (tertiary/aromatic N) is 1. The van der Waals surface area contributed by atoms with E-state index in [9.17, 15) is 0 Å². The minimum absolute atomic E-state index is 0.600. The molecule has 0 aromatic heterocycles. The summed E-state index contributed by atoms with van der Waals surface area (Å²) in [6, 6.07) is 7.92. The quantitative estimate of drug-likeness (QED) is 0.718. The van der Waals surface area contributed by atoms with Gasteiger partial charge in [-0.3, -0.25) is 0 Å². The van der Waals surface area contributed by atoms with Crippen molar-refractivity contribution in [2.75, 3.05) is 12.9 Å². The number of benzene rings is 1. The van der Waals surface area contributed by atoms with Gasteiger partial charge < -0.3 is 4.74 Å². The number of methoxy groups -OCH3 is 1. The molecule has 0 heterocycles. The van der Waals surface area contributed by atoms with Crippen molar-refractivity contribution in [3.8, 4) is 11.8 Å². The van der Waals surface area contributed by atoms with Crippen LogP contribution in [0.2, 0.25) is 0 Å². The second-order valence-electron chi connectivity index (χ2n) is 4.38. The summed E-state index contributed by atoms with van der Waals surface area (Å²) in [5.41, 5.74) is 1.82. The van der Waals surface area contributed by atoms with Gasteiger partial charge in [-0.15, -0.1) is 0 Å². The Balaban J connectivity index is 2.52. The molecule has 17 heavy (non-hydrogen) atoms. The molecular weight excluding hydrogens is 230 g/mol. The maximum Gasteiger partial charge on any atom is 0.136 e. The maximum atomic E-state index is 8.88. The molecule has 0 N–H and O–H groups in total. The Bertz CT molecular complexity index is 396. The smallest absolute Gasteiger partial charge is 0.136 e. The number of hydrogen-bond donors (Lipinski definition) is 0. The minimum Gasteiger partial charge on any atom is -0.495 e. The van der Waals surface area contributed by atoms with Gasteiger partial charge in [-0.05, 0) is 35.8 Å². The Kier molecular flexibility index (Phi) is 5.93. The third-order valence-corrected chi connectivity index (χ3v) is 3.56. The van der Waals surface area contributed by atoms with Gasteiger partial charge in [-0.2, -0.15) is 17.0 Å². The van der Waals surface area contributed by atoms with E-state index in [0.29, 0.717) is 11.3 Å². The van der Waals surface area contributed by atoms with Gasteiger partial charge in [0.1, 0.15) is 11.8 Å². The number of thioether (sulfide) groups is 1. The molecule has 1 aromatic carbocycles. The van der Waals surface area contributed by atoms with E-state index in [1.54, 1.807) is 7.11 Å². The molecule has 1 rings (SSSR count). The molecule has 0 radical (unpaired) electrons. The van der Waals surface area contributed by atoms with E-state index in [4.69, 9.17) is 10.00 Å². The Labute approximate surface area is 108 Å². The Morgan fingerprint density at radius 2 is 2.18 bits per heavy atom. The topological polar surface area (TPSA) is 33.0 Å². The highest BCUT2D eigenvalue weighted by molar-refractivity contribution is 7.98. The lowest BCUT2D eigenvalue weighted by atomic mass is 10.1. The lowest BCUT2D eigenvalue weighted by Crippen LogP contribution is -1.92. The van der Waals surface area contributed by atoms with Crippen LogP contribution in [0.3, 0.4) is 0 Å². The molecule has 92 valence electrons. The first-order chi connectivity index (χ1) is 8.17. The summed E-state index contributed by atoms with van der Waals surface area (Å²) in [5, 5.41) is 8.88. The third kappa shape index (κ3) is 4.70. The van der Waals surface area contributed by atoms with Crippen LogP contribution in [-0.4, -0.2) is 12.9 Å². The predicted octanol–water partition coefficient (Wildman–Crippen LogP) is 3.85. The van der Waals surface area contributed by atoms with E-state index in [0.717, 1.165) is 11.7 Å². The van der Waals surface area contributed by atoms with E-state index < -0.39 is 0 Å². The maximum absolute atomic E-state index is 8.88. The summed E-state index contributed by atoms with van der Waals surface area (Å²) in [7, 11) is 1.60. The SMILES string of the molecule is COc1cc(CSCCC(C)C)ccc1C#N. The van der Waals surface area contributed by atoms with Crippen LogP contribution < -0.4 is 4.74 Å². The van der Waals surface area contributed by atoms with Crippen LogP contribution in [0.15, 0.2) is 18.2 Å². The van der Waals surface area contributed by atoms with Crippen molar-refractivity contribution in [3.05, 3.63) is 29.3 Å². The average molecular weight is 249 g/mol. The fourth-order valence-electron chi connectivity index (χ4n) is 1.43. The van der Waals surface area contributed by atoms with Crippen molar-refractivity contribution < 1.29 is 4.74 Å². The van der Waals surface area contributed by atoms with Crippen LogP contribution in [0.1, 0.15) is 31.4 Å². The molecule has 0 unspecified atom stereocenters. The number of nitriles is 1. The second kappa shape index (κ2) is 7.24. The lowest BCUT2D eigenvalue weighted by Gasteiger charge is -2.07. The van der Waals surface area contributed by atoms with Crippen LogP contribution in [0.25, 0.3) is 0 Å². The van der Waals surface area contributed by atoms with Gasteiger partial charge in [0.15, 0.2) is 0 Å². The first-order valence-electron chi connectivity index (χ1n) is 5.82. The number of ether oxygens (including phenoxy) is 1. The van der Waals surface area contributed by atoms with Crippen molar-refractivity contribution in [1.29, 1.82) is 5.26 Å². The van der Waals surface area contributed by atoms with Gasteiger partial charge in [-0.1, -0.05) is 19.9 Å². The molecule has 0 spiro atoms. The number of rotatable bonds is 6. The van der Waals surface area contributed by atoms with Crippen molar-refractivity contribution in [3.63, 3.8) is 0 Å². The third-order valence-electron chi connectivity index (χ3n) is 2.49. The molecule has 2 nitrogen and oxygen atoms in total. The molecule has 0 amide bonds. The van der Waals surface area contributed by atoms with Crippen LogP contribution in [0.5, 0.6) is 5.75 Å². The lowest BCUT2D eigenvalue weighted by molar-refractivity contribution is 0.413. The highest BCUT2D eigenvalue weighted by atomic mass is 32.2. The number of hydrogen-bond acceptors (Lipinski definition) is 3. The zero-order valence-electron chi connectivity index (χ0n) is 10.7. The van der Waals surface area contributed by atoms with Gasteiger partial charge in [0.05, 0.1) is 12.7 Å². The van der Waals surface area contributed by atoms with Gasteiger partial charge >= 0.3 is 0 Å². The first-order valence-corrected chi connectivity index (χ1v) is 6.97. The fourth-order valence-corrected chi connectivity index (χ4v) is 2.62. The van der Waals surface area contributed by atoms with Crippen molar-refractivity contribution in [2.24, 2.45) is 5.92 Å². The molecule has 0 saturated carbocycles. The molecule has 0 aliphatic rings. The van der Waals surface area contributed by atoms with E-state index in [-0.39, 0.29) is 0 Å². The van der Waals surface area contributed by atoms with Crippen LogP contribution in [-0.2, 0) is 5.75 Å². The van der Waals surface area contributed by atoms with Crippen molar-refractivity contribution in [1.82, 2.24) is 0 Å². The monoisotopic (exact) mass is 249 g/mol. The Morgan fingerprint density at radius 1 is 1.41 bits per heavy atom. The molecule has 0 aliphatic heterocycles. The van der Waals surface area contributed by atoms with Crippen molar-refractivity contribution in [2.45, 2.75) is 26.0 Å². The molecule has 3 heteroatoms. The van der Waals surface area contributed by atoms with Gasteiger partial charge in [0.25, 0.3) is 0 Å². The van der Waals surface area contributed by atoms with E-state index in [1.165, 1.54) is 17.7 Å². The molecule has 0 saturated heterocycles.